The Balaban J connectivity index is 0.840. The number of rotatable bonds is 11. The second-order valence-electron chi connectivity index (χ2n) is 19.6. The first-order valence-corrected chi connectivity index (χ1v) is 23.2. The molecule has 10 atom stereocenters. The fourth-order valence-corrected chi connectivity index (χ4v) is 11.5. The van der Waals surface area contributed by atoms with Gasteiger partial charge in [-0.15, -0.1) is 0 Å². The van der Waals surface area contributed by atoms with Gasteiger partial charge in [0.2, 0.25) is 11.8 Å². The lowest BCUT2D eigenvalue weighted by Crippen LogP contribution is -2.52. The summed E-state index contributed by atoms with van der Waals surface area (Å²) in [5, 5.41) is 5.52. The number of aromatic amines is 2. The van der Waals surface area contributed by atoms with Crippen LogP contribution in [0.5, 0.6) is 0 Å². The van der Waals surface area contributed by atoms with Crippen LogP contribution in [-0.2, 0) is 23.8 Å². The van der Waals surface area contributed by atoms with E-state index >= 15 is 0 Å². The molecule has 2 bridgehead atoms. The molecule has 4 aliphatic heterocycles. The molecule has 0 radical (unpaired) electrons. The van der Waals surface area contributed by atoms with Gasteiger partial charge in [0.05, 0.1) is 61.4 Å². The van der Waals surface area contributed by atoms with Gasteiger partial charge in [-0.05, 0) is 113 Å². The van der Waals surface area contributed by atoms with Crippen molar-refractivity contribution in [1.82, 2.24) is 40.4 Å². The van der Waals surface area contributed by atoms with Crippen molar-refractivity contribution in [3.05, 3.63) is 83.6 Å². The van der Waals surface area contributed by atoms with Crippen molar-refractivity contribution in [3.8, 4) is 33.5 Å². The molecule has 2 aliphatic carbocycles. The first-order valence-electron chi connectivity index (χ1n) is 23.2. The molecule has 11 rings (SSSR count). The molecular formula is C50H56N8O7. The highest BCUT2D eigenvalue weighted by atomic mass is 16.5. The number of piperidine rings is 2. The fourth-order valence-electron chi connectivity index (χ4n) is 11.5. The number of imidazole rings is 2. The van der Waals surface area contributed by atoms with Gasteiger partial charge in [-0.3, -0.25) is 9.59 Å². The van der Waals surface area contributed by atoms with E-state index in [9.17, 15) is 19.2 Å². The standard InChI is InChI=1S/C50H56N8O7/c1-23(2)43(55-49(61)63-5)47(59)57-35-18-28(35)20-37(57)45-51-22-34(54-45)26-9-7-25(8-10-26)30-12-13-31(42-40-16-15-39(65-40)41(30)42)27-11-14-32-33(17-27)53-46(52-32)38-21-29-19-36(29)58(38)48(60)44(24(3)4)56-50(62)64-6/h7-14,17,22-24,28-29,35-40,43-44H,15-16,18-21H2,1-6H3,(H,51,54)(H,52,53)(H,55,61)(H,56,62)/t28?,29?,35?,36?,37-,38+,39?,40?,43-,44-/m0/s1. The van der Waals surface area contributed by atoms with E-state index < -0.39 is 24.3 Å². The number of hydrogen-bond donors (Lipinski definition) is 4. The van der Waals surface area contributed by atoms with Crippen LogP contribution in [0, 0.1) is 23.7 Å². The topological polar surface area (TPSA) is 184 Å². The second-order valence-corrected chi connectivity index (χ2v) is 19.6. The second kappa shape index (κ2) is 15.7. The molecule has 65 heavy (non-hydrogen) atoms. The van der Waals surface area contributed by atoms with Gasteiger partial charge in [0.25, 0.3) is 0 Å². The van der Waals surface area contributed by atoms with Crippen LogP contribution in [-0.4, -0.2) is 92.1 Å². The number of aromatic nitrogens is 4. The van der Waals surface area contributed by atoms with Gasteiger partial charge >= 0.3 is 12.2 Å². The summed E-state index contributed by atoms with van der Waals surface area (Å²) >= 11 is 0. The van der Waals surface area contributed by atoms with Gasteiger partial charge in [-0.25, -0.2) is 19.6 Å². The van der Waals surface area contributed by atoms with Gasteiger partial charge in [0.1, 0.15) is 23.7 Å². The summed E-state index contributed by atoms with van der Waals surface area (Å²) in [4.78, 5) is 73.1. The van der Waals surface area contributed by atoms with Crippen molar-refractivity contribution in [1.29, 1.82) is 0 Å². The van der Waals surface area contributed by atoms with E-state index in [1.807, 2.05) is 43.7 Å². The molecule has 4 amide bonds. The molecule has 2 aromatic heterocycles. The lowest BCUT2D eigenvalue weighted by Gasteiger charge is -2.31. The van der Waals surface area contributed by atoms with E-state index in [0.29, 0.717) is 11.8 Å². The Hall–Kier alpha value is -6.22. The van der Waals surface area contributed by atoms with Gasteiger partial charge in [-0.1, -0.05) is 70.2 Å². The van der Waals surface area contributed by atoms with Crippen LogP contribution in [0.15, 0.2) is 60.8 Å². The largest absolute Gasteiger partial charge is 0.453 e. The average molecular weight is 881 g/mol. The number of H-pyrrole nitrogens is 2. The highest BCUT2D eigenvalue weighted by Crippen LogP contribution is 2.57. The van der Waals surface area contributed by atoms with E-state index in [0.717, 1.165) is 89.2 Å². The van der Waals surface area contributed by atoms with Crippen molar-refractivity contribution in [3.63, 3.8) is 0 Å². The minimum Gasteiger partial charge on any atom is -0.453 e. The summed E-state index contributed by atoms with van der Waals surface area (Å²) in [5.41, 5.74) is 10.7. The Kier molecular flexibility index (Phi) is 10.0. The van der Waals surface area contributed by atoms with Gasteiger partial charge in [-0.2, -0.15) is 0 Å². The number of likely N-dealkylation sites (tertiary alicyclic amines) is 2. The van der Waals surface area contributed by atoms with Crippen LogP contribution < -0.4 is 10.6 Å². The third-order valence-corrected chi connectivity index (χ3v) is 15.0. The minimum atomic E-state index is -0.688. The zero-order valence-corrected chi connectivity index (χ0v) is 37.6. The third kappa shape index (κ3) is 7.04. The Morgan fingerprint density at radius 3 is 1.75 bits per heavy atom. The van der Waals surface area contributed by atoms with E-state index in [-0.39, 0.29) is 60.0 Å². The smallest absolute Gasteiger partial charge is 0.407 e. The van der Waals surface area contributed by atoms with E-state index in [1.54, 1.807) is 0 Å². The summed E-state index contributed by atoms with van der Waals surface area (Å²) in [6, 6.07) is 17.9. The Bertz CT molecular complexity index is 2730. The quantitative estimate of drug-likeness (QED) is 0.101. The Morgan fingerprint density at radius 2 is 1.20 bits per heavy atom. The molecule has 6 heterocycles. The van der Waals surface area contributed by atoms with Crippen LogP contribution in [0.4, 0.5) is 9.59 Å². The maximum absolute atomic E-state index is 14.0. The number of fused-ring (bicyclic) bond motifs is 8. The fraction of sp³-hybridized carbons (Fsp3) is 0.480. The van der Waals surface area contributed by atoms with Gasteiger partial charge in [0.15, 0.2) is 0 Å². The molecular weight excluding hydrogens is 825 g/mol. The number of nitrogens with one attached hydrogen (secondary N) is 4. The normalized spacial score (nSPS) is 26.5. The maximum atomic E-state index is 14.0. The minimum absolute atomic E-state index is 0.0260. The summed E-state index contributed by atoms with van der Waals surface area (Å²) in [7, 11) is 2.62. The summed E-state index contributed by atoms with van der Waals surface area (Å²) < 4.78 is 16.3. The van der Waals surface area contributed by atoms with Crippen LogP contribution >= 0.6 is 0 Å². The number of amides is 4. The number of methoxy groups -OCH3 is 2. The summed E-state index contributed by atoms with van der Waals surface area (Å²) in [6.45, 7) is 7.72. The van der Waals surface area contributed by atoms with Crippen LogP contribution in [0.1, 0.15) is 113 Å². The van der Waals surface area contributed by atoms with Crippen LogP contribution in [0.25, 0.3) is 44.5 Å². The molecule has 0 spiro atoms. The van der Waals surface area contributed by atoms with E-state index in [1.165, 1.54) is 30.9 Å². The molecule has 4 N–H and O–H groups in total. The highest BCUT2D eigenvalue weighted by Gasteiger charge is 2.57. The molecule has 6 aliphatic rings. The van der Waals surface area contributed by atoms with E-state index in [2.05, 4.69) is 75.2 Å². The number of hydrogen-bond acceptors (Lipinski definition) is 9. The monoisotopic (exact) mass is 880 g/mol. The maximum Gasteiger partial charge on any atom is 0.407 e. The summed E-state index contributed by atoms with van der Waals surface area (Å²) in [6.07, 6.45) is 6.27. The lowest BCUT2D eigenvalue weighted by molar-refractivity contribution is -0.137. The van der Waals surface area contributed by atoms with E-state index in [4.69, 9.17) is 24.2 Å². The van der Waals surface area contributed by atoms with Crippen molar-refractivity contribution >= 4 is 35.0 Å². The molecule has 5 fully saturated rings. The Morgan fingerprint density at radius 1 is 0.677 bits per heavy atom. The third-order valence-electron chi connectivity index (χ3n) is 15.0. The number of nitrogens with zero attached hydrogens (tertiary/aromatic N) is 4. The zero-order chi connectivity index (χ0) is 45.0. The van der Waals surface area contributed by atoms with Crippen LogP contribution in [0.2, 0.25) is 0 Å². The van der Waals surface area contributed by atoms with Crippen molar-refractivity contribution in [2.24, 2.45) is 23.7 Å². The molecule has 15 heteroatoms. The molecule has 2 saturated carbocycles. The van der Waals surface area contributed by atoms with Crippen molar-refractivity contribution in [2.75, 3.05) is 14.2 Å². The SMILES string of the molecule is COC(=O)N[C@H](C(=O)N1C2CC2C[C@@H]1c1nc2ccc(-c3ccc(-c4ccc(-c5cnc([C@@H]6CC7CC7N6C(=O)[C@@H](NC(=O)OC)C(C)C)[nH]5)cc4)c4c3C3CCC4O3)cc2[nH]1)C(C)C. The predicted octanol–water partition coefficient (Wildman–Crippen LogP) is 8.28. The number of ether oxygens (including phenoxy) is 3. The number of alkyl carbamates (subject to hydrolysis) is 2. The van der Waals surface area contributed by atoms with Crippen LogP contribution in [0.3, 0.4) is 0 Å². The number of carbonyl (C=O) groups is 4. The average Bonchev–Trinajstić information content (AvgIpc) is 3.75. The Labute approximate surface area is 377 Å². The highest BCUT2D eigenvalue weighted by molar-refractivity contribution is 5.89. The lowest BCUT2D eigenvalue weighted by atomic mass is 9.81. The molecule has 6 unspecified atom stereocenters. The molecule has 15 nitrogen and oxygen atoms in total. The molecule has 338 valence electrons. The number of carbonyl (C=O) groups excluding carboxylic acids is 4. The number of benzene rings is 3. The van der Waals surface area contributed by atoms with Gasteiger partial charge in [0, 0.05) is 12.1 Å². The first-order chi connectivity index (χ1) is 31.4. The zero-order valence-electron chi connectivity index (χ0n) is 37.6. The molecule has 3 aromatic carbocycles. The van der Waals surface area contributed by atoms with Crippen molar-refractivity contribution < 1.29 is 33.4 Å². The molecule has 3 saturated heterocycles. The molecule has 5 aromatic rings. The van der Waals surface area contributed by atoms with Gasteiger partial charge < -0.3 is 44.6 Å². The predicted molar refractivity (Wildman–Crippen MR) is 241 cm³/mol. The summed E-state index contributed by atoms with van der Waals surface area (Å²) in [5.74, 6) is 2.00. The van der Waals surface area contributed by atoms with Crippen molar-refractivity contribution in [2.45, 2.75) is 115 Å². The first kappa shape index (κ1) is 41.5.